The van der Waals surface area contributed by atoms with Crippen molar-refractivity contribution in [1.29, 1.82) is 0 Å². The second-order valence-electron chi connectivity index (χ2n) is 7.40. The van der Waals surface area contributed by atoms with Crippen molar-refractivity contribution in [3.8, 4) is 11.5 Å². The quantitative estimate of drug-likeness (QED) is 0.509. The van der Waals surface area contributed by atoms with Gasteiger partial charge < -0.3 is 15.9 Å². The van der Waals surface area contributed by atoms with E-state index in [4.69, 9.17) is 15.9 Å². The van der Waals surface area contributed by atoms with Crippen LogP contribution in [-0.2, 0) is 6.42 Å². The molecule has 5 rings (SSSR count). The summed E-state index contributed by atoms with van der Waals surface area (Å²) in [7, 11) is 0. The SMILES string of the molecule is CCc1nc2cccc(C)c2c(=O)n1C1CC1.Cc1nnc(-c2c(N)ncnc2N)o1. The van der Waals surface area contributed by atoms with Crippen molar-refractivity contribution < 1.29 is 4.42 Å². The van der Waals surface area contributed by atoms with Crippen molar-refractivity contribution >= 4 is 22.5 Å². The Morgan fingerprint density at radius 2 is 1.84 bits per heavy atom. The van der Waals surface area contributed by atoms with E-state index in [0.29, 0.717) is 17.5 Å². The summed E-state index contributed by atoms with van der Waals surface area (Å²) in [5.41, 5.74) is 13.6. The fraction of sp³-hybridized carbons (Fsp3) is 0.333. The van der Waals surface area contributed by atoms with Gasteiger partial charge in [-0.05, 0) is 31.4 Å². The lowest BCUT2D eigenvalue weighted by atomic mass is 10.1. The van der Waals surface area contributed by atoms with Crippen molar-refractivity contribution in [2.75, 3.05) is 11.5 Å². The first-order chi connectivity index (χ1) is 14.9. The molecule has 160 valence electrons. The molecule has 0 radical (unpaired) electrons. The molecule has 10 heteroatoms. The van der Waals surface area contributed by atoms with E-state index >= 15 is 0 Å². The van der Waals surface area contributed by atoms with Crippen LogP contribution in [0, 0.1) is 13.8 Å². The van der Waals surface area contributed by atoms with E-state index in [1.54, 1.807) is 6.92 Å². The predicted molar refractivity (Wildman–Crippen MR) is 117 cm³/mol. The molecule has 0 spiro atoms. The number of nitrogens with two attached hydrogens (primary N) is 2. The zero-order chi connectivity index (χ0) is 22.1. The molecule has 10 nitrogen and oxygen atoms in total. The number of anilines is 2. The monoisotopic (exact) mass is 420 g/mol. The maximum Gasteiger partial charge on any atom is 0.261 e. The summed E-state index contributed by atoms with van der Waals surface area (Å²) in [4.78, 5) is 24.7. The highest BCUT2D eigenvalue weighted by Crippen LogP contribution is 2.35. The Kier molecular flexibility index (Phi) is 5.37. The predicted octanol–water partition coefficient (Wildman–Crippen LogP) is 2.60. The minimum atomic E-state index is 0.146. The molecular weight excluding hydrogens is 396 g/mol. The number of rotatable bonds is 3. The van der Waals surface area contributed by atoms with Crippen molar-refractivity contribution in [1.82, 2.24) is 29.7 Å². The van der Waals surface area contributed by atoms with Crippen LogP contribution >= 0.6 is 0 Å². The molecule has 31 heavy (non-hydrogen) atoms. The van der Waals surface area contributed by atoms with Gasteiger partial charge in [0.2, 0.25) is 5.89 Å². The first-order valence-electron chi connectivity index (χ1n) is 10.1. The van der Waals surface area contributed by atoms with Crippen LogP contribution in [0.2, 0.25) is 0 Å². The van der Waals surface area contributed by atoms with Gasteiger partial charge >= 0.3 is 0 Å². The van der Waals surface area contributed by atoms with Gasteiger partial charge in [-0.15, -0.1) is 10.2 Å². The first kappa shape index (κ1) is 20.5. The molecule has 0 saturated heterocycles. The lowest BCUT2D eigenvalue weighted by Crippen LogP contribution is -2.24. The molecule has 1 aromatic carbocycles. The summed E-state index contributed by atoms with van der Waals surface area (Å²) in [6.07, 6.45) is 4.32. The molecule has 1 aliphatic rings. The van der Waals surface area contributed by atoms with Gasteiger partial charge in [-0.25, -0.2) is 15.0 Å². The molecule has 4 N–H and O–H groups in total. The van der Waals surface area contributed by atoms with Crippen molar-refractivity contribution in [3.05, 3.63) is 52.2 Å². The standard InChI is InChI=1S/C14H16N2O.C7H8N6O/c1-3-12-15-11-6-4-5-9(2)13(11)14(17)16(12)10-7-8-10;1-3-12-13-7(14-3)4-5(8)10-2-11-6(4)9/h4-6,10H,3,7-8H2,1-2H3;2H,1H3,(H4,8,9,10,11). The molecule has 1 aliphatic carbocycles. The van der Waals surface area contributed by atoms with Gasteiger partial charge in [-0.2, -0.15) is 0 Å². The summed E-state index contributed by atoms with van der Waals surface area (Å²) in [5.74, 6) is 2.04. The summed E-state index contributed by atoms with van der Waals surface area (Å²) in [5, 5.41) is 8.23. The van der Waals surface area contributed by atoms with Gasteiger partial charge in [0.15, 0.2) is 0 Å². The fourth-order valence-corrected chi connectivity index (χ4v) is 3.44. The van der Waals surface area contributed by atoms with Crippen LogP contribution in [0.25, 0.3) is 22.4 Å². The summed E-state index contributed by atoms with van der Waals surface area (Å²) in [6.45, 7) is 5.71. The van der Waals surface area contributed by atoms with Crippen LogP contribution in [0.15, 0.2) is 33.7 Å². The van der Waals surface area contributed by atoms with Crippen molar-refractivity contribution in [2.45, 2.75) is 46.1 Å². The Morgan fingerprint density at radius 3 is 2.42 bits per heavy atom. The largest absolute Gasteiger partial charge is 0.421 e. The zero-order valence-electron chi connectivity index (χ0n) is 17.7. The van der Waals surface area contributed by atoms with Crippen molar-refractivity contribution in [2.24, 2.45) is 0 Å². The summed E-state index contributed by atoms with van der Waals surface area (Å²) >= 11 is 0. The van der Waals surface area contributed by atoms with Gasteiger partial charge in [-0.1, -0.05) is 19.1 Å². The van der Waals surface area contributed by atoms with Crippen LogP contribution in [-0.4, -0.2) is 29.7 Å². The van der Waals surface area contributed by atoms with E-state index in [9.17, 15) is 4.79 Å². The molecule has 0 atom stereocenters. The molecule has 3 aromatic heterocycles. The number of benzene rings is 1. The first-order valence-corrected chi connectivity index (χ1v) is 10.1. The number of fused-ring (bicyclic) bond motifs is 1. The molecule has 0 aliphatic heterocycles. The third kappa shape index (κ3) is 3.96. The van der Waals surface area contributed by atoms with Gasteiger partial charge in [-0.3, -0.25) is 9.36 Å². The highest BCUT2D eigenvalue weighted by atomic mass is 16.4. The Hall–Kier alpha value is -3.82. The Balaban J connectivity index is 0.000000152. The molecule has 0 bridgehead atoms. The van der Waals surface area contributed by atoms with E-state index in [0.717, 1.165) is 41.6 Å². The molecule has 0 amide bonds. The Bertz CT molecular complexity index is 1290. The third-order valence-electron chi connectivity index (χ3n) is 5.09. The van der Waals surface area contributed by atoms with Gasteiger partial charge in [0.05, 0.1) is 10.9 Å². The topological polar surface area (TPSA) is 152 Å². The second kappa shape index (κ2) is 8.13. The number of hydrogen-bond donors (Lipinski definition) is 2. The molecule has 0 unspecified atom stereocenters. The second-order valence-corrected chi connectivity index (χ2v) is 7.40. The van der Waals surface area contributed by atoms with Gasteiger partial charge in [0, 0.05) is 19.4 Å². The van der Waals surface area contributed by atoms with Crippen LogP contribution < -0.4 is 17.0 Å². The van der Waals surface area contributed by atoms with E-state index < -0.39 is 0 Å². The summed E-state index contributed by atoms with van der Waals surface area (Å²) in [6, 6.07) is 6.27. The van der Waals surface area contributed by atoms with Crippen LogP contribution in [0.3, 0.4) is 0 Å². The number of nitrogens with zero attached hydrogens (tertiary/aromatic N) is 6. The highest BCUT2D eigenvalue weighted by Gasteiger charge is 2.28. The van der Waals surface area contributed by atoms with Crippen molar-refractivity contribution in [3.63, 3.8) is 0 Å². The smallest absolute Gasteiger partial charge is 0.261 e. The van der Waals surface area contributed by atoms with E-state index in [-0.39, 0.29) is 23.1 Å². The minimum absolute atomic E-state index is 0.146. The molecular formula is C21H24N8O2. The maximum absolute atomic E-state index is 12.5. The lowest BCUT2D eigenvalue weighted by Gasteiger charge is -2.12. The zero-order valence-corrected chi connectivity index (χ0v) is 17.7. The van der Waals surface area contributed by atoms with Crippen LogP contribution in [0.5, 0.6) is 0 Å². The lowest BCUT2D eigenvalue weighted by molar-refractivity contribution is 0.533. The average Bonchev–Trinajstić information content (AvgIpc) is 3.48. The average molecular weight is 420 g/mol. The maximum atomic E-state index is 12.5. The van der Waals surface area contributed by atoms with E-state index in [1.165, 1.54) is 6.33 Å². The molecule has 1 fully saturated rings. The number of aryl methyl sites for hydroxylation is 3. The third-order valence-corrected chi connectivity index (χ3v) is 5.09. The van der Waals surface area contributed by atoms with Gasteiger partial charge in [0.1, 0.15) is 29.4 Å². The Morgan fingerprint density at radius 1 is 1.13 bits per heavy atom. The van der Waals surface area contributed by atoms with E-state index in [2.05, 4.69) is 32.1 Å². The normalized spacial score (nSPS) is 13.1. The molecule has 3 heterocycles. The molecule has 1 saturated carbocycles. The number of aromatic nitrogens is 6. The number of hydrogen-bond acceptors (Lipinski definition) is 9. The van der Waals surface area contributed by atoms with Crippen LogP contribution in [0.4, 0.5) is 11.6 Å². The Labute approximate surface area is 178 Å². The summed E-state index contributed by atoms with van der Waals surface area (Å²) < 4.78 is 7.08. The minimum Gasteiger partial charge on any atom is -0.421 e. The highest BCUT2D eigenvalue weighted by molar-refractivity contribution is 5.81. The van der Waals surface area contributed by atoms with Gasteiger partial charge in [0.25, 0.3) is 11.4 Å². The van der Waals surface area contributed by atoms with E-state index in [1.807, 2.05) is 29.7 Å². The fourth-order valence-electron chi connectivity index (χ4n) is 3.44. The molecule has 4 aromatic rings. The van der Waals surface area contributed by atoms with Crippen LogP contribution in [0.1, 0.15) is 43.1 Å². The number of nitrogen functional groups attached to an aromatic ring is 2.